The molecule has 0 radical (unpaired) electrons. The van der Waals surface area contributed by atoms with Gasteiger partial charge >= 0.3 is 0 Å². The molecule has 0 bridgehead atoms. The second-order valence-corrected chi connectivity index (χ2v) is 5.40. The molecule has 2 rings (SSSR count). The lowest BCUT2D eigenvalue weighted by atomic mass is 10.3. The van der Waals surface area contributed by atoms with Crippen LogP contribution in [0.1, 0.15) is 13.3 Å². The Kier molecular flexibility index (Phi) is 8.82. The summed E-state index contributed by atoms with van der Waals surface area (Å²) in [5.41, 5.74) is 0. The van der Waals surface area contributed by atoms with Crippen LogP contribution in [0.2, 0.25) is 5.02 Å². The maximum Gasteiger partial charge on any atom is 0.257 e. The number of alkyl halides is 2. The largest absolute Gasteiger partial charge is 0.357 e. The number of pyridine rings is 1. The molecule has 9 heteroatoms. The van der Waals surface area contributed by atoms with E-state index in [0.29, 0.717) is 24.1 Å². The minimum atomic E-state index is -2.44. The zero-order valence-electron chi connectivity index (χ0n) is 12.8. The van der Waals surface area contributed by atoms with Gasteiger partial charge in [-0.05, 0) is 25.5 Å². The van der Waals surface area contributed by atoms with Crippen LogP contribution in [0.15, 0.2) is 23.3 Å². The Morgan fingerprint density at radius 2 is 2.35 bits per heavy atom. The van der Waals surface area contributed by atoms with E-state index in [1.807, 2.05) is 6.92 Å². The zero-order chi connectivity index (χ0) is 15.9. The maximum atomic E-state index is 12.3. The minimum absolute atomic E-state index is 0. The van der Waals surface area contributed by atoms with E-state index in [1.54, 1.807) is 18.3 Å². The summed E-state index contributed by atoms with van der Waals surface area (Å²) >= 11 is 6.15. The minimum Gasteiger partial charge on any atom is -0.357 e. The van der Waals surface area contributed by atoms with Gasteiger partial charge in [-0.25, -0.2) is 18.8 Å². The van der Waals surface area contributed by atoms with Crippen LogP contribution >= 0.6 is 35.6 Å². The predicted octanol–water partition coefficient (Wildman–Crippen LogP) is 2.75. The van der Waals surface area contributed by atoms with Crippen LogP contribution in [-0.2, 0) is 0 Å². The lowest BCUT2D eigenvalue weighted by Gasteiger charge is -2.20. The lowest BCUT2D eigenvalue weighted by molar-refractivity contribution is 0.158. The molecule has 0 aromatic carbocycles. The van der Waals surface area contributed by atoms with Crippen LogP contribution in [-0.4, -0.2) is 49.6 Å². The van der Waals surface area contributed by atoms with Gasteiger partial charge in [0.1, 0.15) is 12.4 Å². The Hall–Kier alpha value is -0.900. The first kappa shape index (κ1) is 20.1. The highest BCUT2D eigenvalue weighted by Gasteiger charge is 2.25. The monoisotopic (exact) mass is 459 g/mol. The second kappa shape index (κ2) is 10.1. The summed E-state index contributed by atoms with van der Waals surface area (Å²) in [7, 11) is 0. The number of anilines is 1. The number of hydrogen-bond acceptors (Lipinski definition) is 3. The van der Waals surface area contributed by atoms with Crippen molar-refractivity contribution >= 4 is 47.4 Å². The molecule has 0 aliphatic carbocycles. The Labute approximate surface area is 156 Å². The predicted molar refractivity (Wildman–Crippen MR) is 100 cm³/mol. The lowest BCUT2D eigenvalue weighted by Crippen LogP contribution is -2.45. The summed E-state index contributed by atoms with van der Waals surface area (Å²) in [6, 6.07) is 3.71. The van der Waals surface area contributed by atoms with Crippen LogP contribution in [0, 0.1) is 0 Å². The summed E-state index contributed by atoms with van der Waals surface area (Å²) in [5.74, 6) is 1.17. The van der Waals surface area contributed by atoms with E-state index < -0.39 is 13.0 Å². The third-order valence-electron chi connectivity index (χ3n) is 3.30. The number of halogens is 4. The molecule has 0 amide bonds. The van der Waals surface area contributed by atoms with Gasteiger partial charge in [0, 0.05) is 31.9 Å². The van der Waals surface area contributed by atoms with E-state index in [1.165, 1.54) is 0 Å². The number of nitrogens with one attached hydrogen (secondary N) is 2. The average molecular weight is 460 g/mol. The van der Waals surface area contributed by atoms with E-state index in [2.05, 4.69) is 25.5 Å². The van der Waals surface area contributed by atoms with Crippen molar-refractivity contribution in [3.8, 4) is 0 Å². The van der Waals surface area contributed by atoms with Gasteiger partial charge < -0.3 is 15.5 Å². The van der Waals surface area contributed by atoms with Gasteiger partial charge in [-0.1, -0.05) is 11.6 Å². The quantitative estimate of drug-likeness (QED) is 0.404. The Bertz CT molecular complexity index is 518. The van der Waals surface area contributed by atoms with Crippen molar-refractivity contribution in [3.05, 3.63) is 23.4 Å². The number of rotatable bonds is 5. The average Bonchev–Trinajstić information content (AvgIpc) is 2.94. The molecule has 0 saturated carbocycles. The molecule has 1 atom stereocenters. The van der Waals surface area contributed by atoms with E-state index in [0.717, 1.165) is 18.8 Å². The van der Waals surface area contributed by atoms with Gasteiger partial charge in [-0.15, -0.1) is 24.0 Å². The van der Waals surface area contributed by atoms with Crippen LogP contribution in [0.3, 0.4) is 0 Å². The molecule has 1 unspecified atom stereocenters. The first-order chi connectivity index (χ1) is 10.6. The van der Waals surface area contributed by atoms with Gasteiger partial charge in [0.25, 0.3) is 6.43 Å². The summed E-state index contributed by atoms with van der Waals surface area (Å²) < 4.78 is 24.6. The van der Waals surface area contributed by atoms with Crippen molar-refractivity contribution in [2.45, 2.75) is 25.8 Å². The highest BCUT2D eigenvalue weighted by atomic mass is 127. The number of hydrogen-bond donors (Lipinski definition) is 2. The van der Waals surface area contributed by atoms with Crippen molar-refractivity contribution in [1.29, 1.82) is 0 Å². The maximum absolute atomic E-state index is 12.3. The highest BCUT2D eigenvalue weighted by Crippen LogP contribution is 2.25. The first-order valence-electron chi connectivity index (χ1n) is 7.28. The third kappa shape index (κ3) is 6.25. The van der Waals surface area contributed by atoms with Crippen molar-refractivity contribution in [2.75, 3.05) is 31.1 Å². The number of aromatic nitrogens is 1. The van der Waals surface area contributed by atoms with Crippen LogP contribution < -0.4 is 15.5 Å². The van der Waals surface area contributed by atoms with Gasteiger partial charge in [0.05, 0.1) is 5.02 Å². The first-order valence-corrected chi connectivity index (χ1v) is 7.66. The molecule has 1 aliphatic heterocycles. The van der Waals surface area contributed by atoms with Crippen LogP contribution in [0.25, 0.3) is 0 Å². The second-order valence-electron chi connectivity index (χ2n) is 5.00. The smallest absolute Gasteiger partial charge is 0.257 e. The van der Waals surface area contributed by atoms with E-state index in [4.69, 9.17) is 11.6 Å². The fourth-order valence-electron chi connectivity index (χ4n) is 2.35. The summed E-state index contributed by atoms with van der Waals surface area (Å²) in [6.07, 6.45) is 0.130. The molecule has 2 N–H and O–H groups in total. The molecular formula is C14H21ClF2IN5. The summed E-state index contributed by atoms with van der Waals surface area (Å²) in [5, 5.41) is 6.77. The van der Waals surface area contributed by atoms with E-state index in [9.17, 15) is 8.78 Å². The van der Waals surface area contributed by atoms with Crippen molar-refractivity contribution in [2.24, 2.45) is 4.99 Å². The number of guanidine groups is 1. The molecule has 1 saturated heterocycles. The molecular weight excluding hydrogens is 439 g/mol. The zero-order valence-corrected chi connectivity index (χ0v) is 15.9. The number of aliphatic imine (C=N–C) groups is 1. The van der Waals surface area contributed by atoms with Gasteiger partial charge in [0.15, 0.2) is 5.96 Å². The molecule has 2 heterocycles. The fourth-order valence-corrected chi connectivity index (χ4v) is 2.60. The molecule has 5 nitrogen and oxygen atoms in total. The standard InChI is InChI=1S/C14H20ClF2N5.HI/c1-2-18-14(20-8-12(16)17)21-10-5-7-22(9-10)13-11(15)4-3-6-19-13;/h3-4,6,10,12H,2,5,7-9H2,1H3,(H2,18,20,21);1H. The van der Waals surface area contributed by atoms with Gasteiger partial charge in [0.2, 0.25) is 0 Å². The molecule has 1 aromatic rings. The van der Waals surface area contributed by atoms with Gasteiger partial charge in [-0.3, -0.25) is 0 Å². The van der Waals surface area contributed by atoms with E-state index in [-0.39, 0.29) is 30.0 Å². The normalized spacial score (nSPS) is 18.0. The molecule has 23 heavy (non-hydrogen) atoms. The highest BCUT2D eigenvalue weighted by molar-refractivity contribution is 14.0. The molecule has 1 fully saturated rings. The topological polar surface area (TPSA) is 52.6 Å². The Morgan fingerprint density at radius 1 is 1.57 bits per heavy atom. The van der Waals surface area contributed by atoms with E-state index >= 15 is 0 Å². The van der Waals surface area contributed by atoms with Crippen LogP contribution in [0.5, 0.6) is 0 Å². The third-order valence-corrected chi connectivity index (χ3v) is 3.59. The number of nitrogens with zero attached hydrogens (tertiary/aromatic N) is 3. The van der Waals surface area contributed by atoms with Gasteiger partial charge in [-0.2, -0.15) is 0 Å². The summed E-state index contributed by atoms with van der Waals surface area (Å²) in [6.45, 7) is 3.53. The molecule has 0 spiro atoms. The van der Waals surface area contributed by atoms with Crippen molar-refractivity contribution in [3.63, 3.8) is 0 Å². The Balaban J connectivity index is 0.00000264. The Morgan fingerprint density at radius 3 is 3.00 bits per heavy atom. The van der Waals surface area contributed by atoms with Crippen LogP contribution in [0.4, 0.5) is 14.6 Å². The van der Waals surface area contributed by atoms with Crippen molar-refractivity contribution < 1.29 is 8.78 Å². The SMILES string of the molecule is CCNC(=NCC(F)F)NC1CCN(c2ncccc2Cl)C1.I. The molecule has 1 aromatic heterocycles. The van der Waals surface area contributed by atoms with Crippen molar-refractivity contribution in [1.82, 2.24) is 15.6 Å². The molecule has 130 valence electrons. The fraction of sp³-hybridized carbons (Fsp3) is 0.571. The summed E-state index contributed by atoms with van der Waals surface area (Å²) in [4.78, 5) is 10.2. The molecule has 1 aliphatic rings.